The number of carbonyl (C=O) groups excluding carboxylic acids is 1. The Balaban J connectivity index is 1.79. The van der Waals surface area contributed by atoms with E-state index in [0.717, 1.165) is 28.8 Å². The molecule has 1 N–H and O–H groups in total. The monoisotopic (exact) mass is 403 g/mol. The molecule has 1 aliphatic rings. The minimum absolute atomic E-state index is 0.0821. The second-order valence-electron chi connectivity index (χ2n) is 6.73. The van der Waals surface area contributed by atoms with Crippen LogP contribution >= 0.6 is 11.6 Å². The summed E-state index contributed by atoms with van der Waals surface area (Å²) in [5.74, 6) is -0.505. The maximum atomic E-state index is 13.2. The van der Waals surface area contributed by atoms with Gasteiger partial charge in [0.05, 0.1) is 16.9 Å². The fourth-order valence-electron chi connectivity index (χ4n) is 3.05. The second-order valence-corrected chi connectivity index (χ2v) is 7.11. The van der Waals surface area contributed by atoms with E-state index in [9.17, 15) is 18.0 Å². The summed E-state index contributed by atoms with van der Waals surface area (Å²) in [4.78, 5) is 12.5. The van der Waals surface area contributed by atoms with Gasteiger partial charge >= 0.3 is 6.18 Å². The molecule has 3 rings (SSSR count). The van der Waals surface area contributed by atoms with Crippen molar-refractivity contribution < 1.29 is 18.0 Å². The molecule has 10 heteroatoms. The van der Waals surface area contributed by atoms with E-state index >= 15 is 0 Å². The summed E-state index contributed by atoms with van der Waals surface area (Å²) < 4.78 is 42.4. The summed E-state index contributed by atoms with van der Waals surface area (Å²) >= 11 is 5.96. The highest BCUT2D eigenvalue weighted by Gasteiger charge is 2.43. The molecule has 0 bridgehead atoms. The number of halogens is 4. The smallest absolute Gasteiger partial charge is 0.350 e. The minimum atomic E-state index is -4.66. The molecule has 0 aliphatic heterocycles. The second kappa shape index (κ2) is 7.18. The molecule has 0 spiro atoms. The molecule has 2 aromatic rings. The van der Waals surface area contributed by atoms with E-state index in [0.29, 0.717) is 12.2 Å². The van der Waals surface area contributed by atoms with Crippen LogP contribution in [0.25, 0.3) is 0 Å². The van der Waals surface area contributed by atoms with Crippen LogP contribution in [0, 0.1) is 6.92 Å². The van der Waals surface area contributed by atoms with Crippen molar-refractivity contribution in [2.24, 2.45) is 0 Å². The predicted octanol–water partition coefficient (Wildman–Crippen LogP) is 3.83. The molecule has 6 nitrogen and oxygen atoms in total. The highest BCUT2D eigenvalue weighted by molar-refractivity contribution is 6.32. The summed E-state index contributed by atoms with van der Waals surface area (Å²) in [6.45, 7) is 6.34. The molecular weight excluding hydrogens is 383 g/mol. The molecule has 1 saturated carbocycles. The SMILES string of the molecule is CCn1ncc(CNC(=O)C(C)n2nc(C(F)(F)F)c(Cl)c2C2CC2)c1C. The topological polar surface area (TPSA) is 64.7 Å². The van der Waals surface area contributed by atoms with Gasteiger partial charge in [-0.2, -0.15) is 23.4 Å². The largest absolute Gasteiger partial charge is 0.436 e. The Morgan fingerprint density at radius 2 is 2.11 bits per heavy atom. The summed E-state index contributed by atoms with van der Waals surface area (Å²) in [7, 11) is 0. The number of amides is 1. The number of carbonyl (C=O) groups is 1. The van der Waals surface area contributed by atoms with E-state index in [-0.39, 0.29) is 12.5 Å². The minimum Gasteiger partial charge on any atom is -0.350 e. The number of hydrogen-bond acceptors (Lipinski definition) is 3. The normalized spacial score (nSPS) is 15.8. The van der Waals surface area contributed by atoms with Crippen LogP contribution in [0.3, 0.4) is 0 Å². The molecule has 1 aliphatic carbocycles. The average Bonchev–Trinajstić information content (AvgIpc) is 3.28. The molecule has 0 saturated heterocycles. The van der Waals surface area contributed by atoms with Gasteiger partial charge in [0, 0.05) is 30.3 Å². The van der Waals surface area contributed by atoms with Gasteiger partial charge < -0.3 is 5.32 Å². The number of hydrogen-bond donors (Lipinski definition) is 1. The lowest BCUT2D eigenvalue weighted by atomic mass is 10.2. The number of nitrogens with zero attached hydrogens (tertiary/aromatic N) is 4. The van der Waals surface area contributed by atoms with E-state index in [1.807, 2.05) is 13.8 Å². The van der Waals surface area contributed by atoms with Gasteiger partial charge in [-0.15, -0.1) is 0 Å². The molecule has 1 fully saturated rings. The first kappa shape index (κ1) is 19.7. The first-order valence-corrected chi connectivity index (χ1v) is 9.17. The number of nitrogens with one attached hydrogen (secondary N) is 1. The number of aromatic nitrogens is 4. The van der Waals surface area contributed by atoms with Gasteiger partial charge in [-0.05, 0) is 33.6 Å². The third-order valence-electron chi connectivity index (χ3n) is 4.82. The van der Waals surface area contributed by atoms with Gasteiger partial charge in [-0.25, -0.2) is 0 Å². The van der Waals surface area contributed by atoms with Crippen molar-refractivity contribution in [3.05, 3.63) is 33.9 Å². The molecule has 0 radical (unpaired) electrons. The summed E-state index contributed by atoms with van der Waals surface area (Å²) in [6.07, 6.45) is -1.50. The van der Waals surface area contributed by atoms with Gasteiger partial charge in [-0.3, -0.25) is 14.2 Å². The fraction of sp³-hybridized carbons (Fsp3) is 0.588. The molecule has 148 valence electrons. The predicted molar refractivity (Wildman–Crippen MR) is 93.4 cm³/mol. The van der Waals surface area contributed by atoms with Crippen molar-refractivity contribution >= 4 is 17.5 Å². The van der Waals surface area contributed by atoms with Gasteiger partial charge in [0.1, 0.15) is 6.04 Å². The molecule has 1 amide bonds. The quantitative estimate of drug-likeness (QED) is 0.797. The lowest BCUT2D eigenvalue weighted by molar-refractivity contribution is -0.141. The van der Waals surface area contributed by atoms with Crippen LogP contribution < -0.4 is 5.32 Å². The van der Waals surface area contributed by atoms with Crippen LogP contribution in [0.5, 0.6) is 0 Å². The van der Waals surface area contributed by atoms with Crippen molar-refractivity contribution in [2.75, 3.05) is 0 Å². The van der Waals surface area contributed by atoms with E-state index in [4.69, 9.17) is 11.6 Å². The van der Waals surface area contributed by atoms with E-state index < -0.39 is 28.8 Å². The first-order chi connectivity index (χ1) is 12.6. The van der Waals surface area contributed by atoms with E-state index in [2.05, 4.69) is 15.5 Å². The number of rotatable bonds is 6. The van der Waals surface area contributed by atoms with Crippen LogP contribution in [-0.2, 0) is 24.1 Å². The van der Waals surface area contributed by atoms with Crippen molar-refractivity contribution in [1.29, 1.82) is 0 Å². The maximum absolute atomic E-state index is 13.2. The van der Waals surface area contributed by atoms with Gasteiger partial charge in [0.2, 0.25) is 5.91 Å². The Morgan fingerprint density at radius 3 is 2.63 bits per heavy atom. The molecule has 0 aromatic carbocycles. The zero-order valence-corrected chi connectivity index (χ0v) is 16.0. The molecule has 27 heavy (non-hydrogen) atoms. The fourth-order valence-corrected chi connectivity index (χ4v) is 3.43. The third-order valence-corrected chi connectivity index (χ3v) is 5.20. The number of aryl methyl sites for hydroxylation is 1. The third kappa shape index (κ3) is 3.83. The van der Waals surface area contributed by atoms with Gasteiger partial charge in [-0.1, -0.05) is 11.6 Å². The van der Waals surface area contributed by atoms with Crippen LogP contribution in [0.1, 0.15) is 61.3 Å². The first-order valence-electron chi connectivity index (χ1n) is 8.79. The van der Waals surface area contributed by atoms with E-state index in [1.54, 1.807) is 10.9 Å². The Hall–Kier alpha value is -2.03. The zero-order chi connectivity index (χ0) is 19.9. The van der Waals surface area contributed by atoms with Crippen LogP contribution in [0.4, 0.5) is 13.2 Å². The van der Waals surface area contributed by atoms with E-state index in [1.165, 1.54) is 6.92 Å². The van der Waals surface area contributed by atoms with Crippen LogP contribution in [-0.4, -0.2) is 25.5 Å². The van der Waals surface area contributed by atoms with Crippen LogP contribution in [0.2, 0.25) is 5.02 Å². The molecule has 1 unspecified atom stereocenters. The lowest BCUT2D eigenvalue weighted by Crippen LogP contribution is -2.32. The van der Waals surface area contributed by atoms with Gasteiger partial charge in [0.25, 0.3) is 0 Å². The summed E-state index contributed by atoms with van der Waals surface area (Å²) in [6, 6.07) is -0.907. The Kier molecular flexibility index (Phi) is 5.24. The van der Waals surface area contributed by atoms with Gasteiger partial charge in [0.15, 0.2) is 5.69 Å². The highest BCUT2D eigenvalue weighted by Crippen LogP contribution is 2.47. The van der Waals surface area contributed by atoms with Crippen molar-refractivity contribution in [1.82, 2.24) is 24.9 Å². The van der Waals surface area contributed by atoms with Crippen LogP contribution in [0.15, 0.2) is 6.20 Å². The molecule has 2 aromatic heterocycles. The Morgan fingerprint density at radius 1 is 1.44 bits per heavy atom. The maximum Gasteiger partial charge on any atom is 0.436 e. The molecular formula is C17H21ClF3N5O. The summed E-state index contributed by atoms with van der Waals surface area (Å²) in [5.41, 5.74) is 0.951. The summed E-state index contributed by atoms with van der Waals surface area (Å²) in [5, 5.41) is 10.2. The Labute approximate surface area is 159 Å². The molecule has 1 atom stereocenters. The standard InChI is InChI=1S/C17H21ClF3N5O/c1-4-25-9(2)12(8-23-25)7-22-16(27)10(3)26-14(11-5-6-11)13(18)15(24-26)17(19,20)21/h8,10-11H,4-7H2,1-3H3,(H,22,27). The number of alkyl halides is 3. The van der Waals surface area contributed by atoms with Crippen molar-refractivity contribution in [3.63, 3.8) is 0 Å². The van der Waals surface area contributed by atoms with Crippen molar-refractivity contribution in [3.8, 4) is 0 Å². The highest BCUT2D eigenvalue weighted by atomic mass is 35.5. The zero-order valence-electron chi connectivity index (χ0n) is 15.3. The lowest BCUT2D eigenvalue weighted by Gasteiger charge is -2.16. The Bertz CT molecular complexity index is 854. The van der Waals surface area contributed by atoms with Crippen molar-refractivity contribution in [2.45, 2.75) is 64.8 Å². The average molecular weight is 404 g/mol. The molecule has 2 heterocycles.